The lowest BCUT2D eigenvalue weighted by Crippen LogP contribution is -2.07. The smallest absolute Gasteiger partial charge is 0.197 e. The van der Waals surface area contributed by atoms with E-state index in [4.69, 9.17) is 4.74 Å². The molecular weight excluding hydrogens is 224 g/mol. The number of ketones is 1. The molecule has 18 heavy (non-hydrogen) atoms. The Balaban J connectivity index is 2.23. The summed E-state index contributed by atoms with van der Waals surface area (Å²) in [5.41, 5.74) is 2.46. The second kappa shape index (κ2) is 4.30. The van der Waals surface area contributed by atoms with Crippen molar-refractivity contribution in [2.45, 2.75) is 19.8 Å². The number of fused-ring (bicyclic) bond motifs is 2. The summed E-state index contributed by atoms with van der Waals surface area (Å²) in [6.07, 6.45) is 7.46. The molecule has 90 valence electrons. The minimum atomic E-state index is 0.0633. The van der Waals surface area contributed by atoms with Crippen molar-refractivity contribution in [2.75, 3.05) is 0 Å². The highest BCUT2D eigenvalue weighted by Crippen LogP contribution is 2.35. The van der Waals surface area contributed by atoms with Gasteiger partial charge in [0, 0.05) is 17.6 Å². The van der Waals surface area contributed by atoms with E-state index in [0.717, 1.165) is 29.7 Å². The van der Waals surface area contributed by atoms with E-state index in [1.165, 1.54) is 0 Å². The van der Waals surface area contributed by atoms with Gasteiger partial charge in [-0.25, -0.2) is 0 Å². The third kappa shape index (κ3) is 1.61. The van der Waals surface area contributed by atoms with Gasteiger partial charge in [-0.1, -0.05) is 37.3 Å². The van der Waals surface area contributed by atoms with Crippen LogP contribution >= 0.6 is 0 Å². The van der Waals surface area contributed by atoms with Gasteiger partial charge in [-0.15, -0.1) is 0 Å². The zero-order chi connectivity index (χ0) is 12.5. The molecular formula is C16H14O2. The quantitative estimate of drug-likeness (QED) is 0.743. The van der Waals surface area contributed by atoms with Crippen molar-refractivity contribution in [3.8, 4) is 5.75 Å². The van der Waals surface area contributed by atoms with Crippen molar-refractivity contribution in [1.82, 2.24) is 0 Å². The van der Waals surface area contributed by atoms with Crippen LogP contribution in [0.25, 0.3) is 0 Å². The van der Waals surface area contributed by atoms with Crippen molar-refractivity contribution in [3.63, 3.8) is 0 Å². The maximum atomic E-state index is 12.5. The van der Waals surface area contributed by atoms with Crippen LogP contribution in [0.4, 0.5) is 0 Å². The molecule has 0 saturated carbocycles. The molecule has 1 aromatic carbocycles. The molecule has 0 bridgehead atoms. The zero-order valence-electron chi connectivity index (χ0n) is 10.3. The highest BCUT2D eigenvalue weighted by Gasteiger charge is 2.27. The molecule has 0 N–H and O–H groups in total. The average Bonchev–Trinajstić information content (AvgIpc) is 2.55. The fourth-order valence-electron chi connectivity index (χ4n) is 2.41. The van der Waals surface area contributed by atoms with E-state index in [2.05, 4.69) is 13.0 Å². The molecule has 0 fully saturated rings. The molecule has 1 aliphatic heterocycles. The molecule has 0 aromatic heterocycles. The number of hydrogen-bond acceptors (Lipinski definition) is 2. The Morgan fingerprint density at radius 2 is 2.11 bits per heavy atom. The van der Waals surface area contributed by atoms with Crippen LogP contribution in [0.2, 0.25) is 0 Å². The monoisotopic (exact) mass is 238 g/mol. The maximum absolute atomic E-state index is 12.5. The number of para-hydroxylation sites is 1. The SMILES string of the molecule is CCC1=C2CC=CC=C2C(=O)c2ccccc2O1. The van der Waals surface area contributed by atoms with Crippen molar-refractivity contribution in [1.29, 1.82) is 0 Å². The summed E-state index contributed by atoms with van der Waals surface area (Å²) in [6.45, 7) is 2.05. The molecule has 1 aromatic rings. The molecule has 0 atom stereocenters. The van der Waals surface area contributed by atoms with Crippen LogP contribution in [0.15, 0.2) is 59.4 Å². The van der Waals surface area contributed by atoms with Gasteiger partial charge < -0.3 is 4.74 Å². The van der Waals surface area contributed by atoms with Crippen molar-refractivity contribution in [3.05, 3.63) is 65.0 Å². The summed E-state index contributed by atoms with van der Waals surface area (Å²) in [5.74, 6) is 1.64. The Morgan fingerprint density at radius 1 is 1.28 bits per heavy atom. The van der Waals surface area contributed by atoms with E-state index in [-0.39, 0.29) is 5.78 Å². The Hall–Kier alpha value is -2.09. The molecule has 2 heteroatoms. The number of allylic oxidation sites excluding steroid dienone is 6. The normalized spacial score (nSPS) is 17.6. The summed E-state index contributed by atoms with van der Waals surface area (Å²) >= 11 is 0. The van der Waals surface area contributed by atoms with Crippen LogP contribution in [-0.4, -0.2) is 5.78 Å². The Morgan fingerprint density at radius 3 is 2.94 bits per heavy atom. The second-order valence-corrected chi connectivity index (χ2v) is 4.40. The predicted octanol–water partition coefficient (Wildman–Crippen LogP) is 3.81. The first kappa shape index (κ1) is 11.0. The van der Waals surface area contributed by atoms with Gasteiger partial charge in [-0.05, 0) is 18.6 Å². The third-order valence-corrected chi connectivity index (χ3v) is 3.31. The summed E-state index contributed by atoms with van der Waals surface area (Å²) in [5, 5.41) is 0. The molecule has 0 unspecified atom stereocenters. The van der Waals surface area contributed by atoms with Gasteiger partial charge in [0.1, 0.15) is 11.5 Å². The summed E-state index contributed by atoms with van der Waals surface area (Å²) in [4.78, 5) is 12.5. The van der Waals surface area contributed by atoms with Crippen LogP contribution < -0.4 is 4.74 Å². The Bertz CT molecular complexity index is 603. The third-order valence-electron chi connectivity index (χ3n) is 3.31. The standard InChI is InChI=1S/C16H14O2/c1-2-14-11-7-3-4-8-12(11)16(17)13-9-5-6-10-15(13)18-14/h3-6,8-10H,2,7H2,1H3. The lowest BCUT2D eigenvalue weighted by atomic mass is 9.91. The highest BCUT2D eigenvalue weighted by atomic mass is 16.5. The Kier molecular flexibility index (Phi) is 2.63. The van der Waals surface area contributed by atoms with Crippen LogP contribution in [0.1, 0.15) is 30.1 Å². The first-order valence-corrected chi connectivity index (χ1v) is 6.22. The fraction of sp³-hybridized carbons (Fsp3) is 0.188. The number of carbonyl (C=O) groups excluding carboxylic acids is 1. The van der Waals surface area contributed by atoms with Gasteiger partial charge >= 0.3 is 0 Å². The van der Waals surface area contributed by atoms with Crippen molar-refractivity contribution in [2.24, 2.45) is 0 Å². The molecule has 2 aliphatic rings. The molecule has 1 heterocycles. The van der Waals surface area contributed by atoms with Crippen molar-refractivity contribution < 1.29 is 9.53 Å². The zero-order valence-corrected chi connectivity index (χ0v) is 10.3. The summed E-state index contributed by atoms with van der Waals surface area (Å²) in [7, 11) is 0. The van der Waals surface area contributed by atoms with Crippen LogP contribution in [0.3, 0.4) is 0 Å². The maximum Gasteiger partial charge on any atom is 0.197 e. The van der Waals surface area contributed by atoms with Crippen LogP contribution in [0.5, 0.6) is 5.75 Å². The fourth-order valence-corrected chi connectivity index (χ4v) is 2.41. The predicted molar refractivity (Wildman–Crippen MR) is 70.6 cm³/mol. The van der Waals surface area contributed by atoms with E-state index in [1.54, 1.807) is 0 Å². The van der Waals surface area contributed by atoms with E-state index >= 15 is 0 Å². The molecule has 0 radical (unpaired) electrons. The summed E-state index contributed by atoms with van der Waals surface area (Å²) < 4.78 is 5.93. The molecule has 0 spiro atoms. The molecule has 2 nitrogen and oxygen atoms in total. The highest BCUT2D eigenvalue weighted by molar-refractivity contribution is 6.14. The molecule has 1 aliphatic carbocycles. The lowest BCUT2D eigenvalue weighted by Gasteiger charge is -2.13. The van der Waals surface area contributed by atoms with Crippen molar-refractivity contribution >= 4 is 5.78 Å². The molecule has 0 saturated heterocycles. The van der Waals surface area contributed by atoms with Gasteiger partial charge in [0.15, 0.2) is 5.78 Å². The number of carbonyl (C=O) groups is 1. The minimum Gasteiger partial charge on any atom is -0.461 e. The first-order chi connectivity index (χ1) is 8.81. The number of hydrogen-bond donors (Lipinski definition) is 0. The van der Waals surface area contributed by atoms with Gasteiger partial charge in [-0.3, -0.25) is 4.79 Å². The first-order valence-electron chi connectivity index (χ1n) is 6.22. The number of Topliss-reactive ketones (excluding diaryl/α,β-unsaturated/α-hetero) is 1. The molecule has 3 rings (SSSR count). The van der Waals surface area contributed by atoms with Gasteiger partial charge in [0.25, 0.3) is 0 Å². The van der Waals surface area contributed by atoms with E-state index in [0.29, 0.717) is 11.3 Å². The van der Waals surface area contributed by atoms with Gasteiger partial charge in [-0.2, -0.15) is 0 Å². The lowest BCUT2D eigenvalue weighted by molar-refractivity contribution is 0.103. The Labute approximate surface area is 106 Å². The molecule has 0 amide bonds. The largest absolute Gasteiger partial charge is 0.461 e. The second-order valence-electron chi connectivity index (χ2n) is 4.40. The number of ether oxygens (including phenoxy) is 1. The van der Waals surface area contributed by atoms with Gasteiger partial charge in [0.2, 0.25) is 0 Å². The number of benzene rings is 1. The van der Waals surface area contributed by atoms with Crippen LogP contribution in [0, 0.1) is 0 Å². The average molecular weight is 238 g/mol. The topological polar surface area (TPSA) is 26.3 Å². The van der Waals surface area contributed by atoms with E-state index < -0.39 is 0 Å². The van der Waals surface area contributed by atoms with Crippen LogP contribution in [-0.2, 0) is 0 Å². The minimum absolute atomic E-state index is 0.0633. The summed E-state index contributed by atoms with van der Waals surface area (Å²) in [6, 6.07) is 7.45. The number of rotatable bonds is 1. The van der Waals surface area contributed by atoms with E-state index in [9.17, 15) is 4.79 Å². The van der Waals surface area contributed by atoms with Gasteiger partial charge in [0.05, 0.1) is 5.56 Å². The van der Waals surface area contributed by atoms with E-state index in [1.807, 2.05) is 36.4 Å².